The fourth-order valence-electron chi connectivity index (χ4n) is 1.03. The summed E-state index contributed by atoms with van der Waals surface area (Å²) in [6.45, 7) is 6.54. The molecule has 0 aliphatic carbocycles. The zero-order valence-electron chi connectivity index (χ0n) is 9.30. The minimum atomic E-state index is -0.761. The van der Waals surface area contributed by atoms with E-state index in [1.54, 1.807) is 6.92 Å². The summed E-state index contributed by atoms with van der Waals surface area (Å²) in [7, 11) is 0. The minimum absolute atomic E-state index is 0.614. The Bertz CT molecular complexity index is 176. The first-order valence-corrected chi connectivity index (χ1v) is 6.28. The zero-order valence-corrected chi connectivity index (χ0v) is 10.1. The number of rotatable bonds is 8. The van der Waals surface area contributed by atoms with E-state index in [-0.39, 0.29) is 0 Å². The molecular weight excluding hydrogens is 198 g/mol. The summed E-state index contributed by atoms with van der Waals surface area (Å²) in [5.41, 5.74) is -0.753. The summed E-state index contributed by atoms with van der Waals surface area (Å²) in [6, 6.07) is 0. The summed E-state index contributed by atoms with van der Waals surface area (Å²) in [6.07, 6.45) is 1.64. The van der Waals surface area contributed by atoms with E-state index in [4.69, 9.17) is 5.11 Å². The van der Waals surface area contributed by atoms with Crippen LogP contribution in [0.5, 0.6) is 0 Å². The molecule has 0 aromatic heterocycles. The Labute approximate surface area is 90.7 Å². The van der Waals surface area contributed by atoms with Gasteiger partial charge in [0.2, 0.25) is 0 Å². The van der Waals surface area contributed by atoms with E-state index in [2.05, 4.69) is 12.2 Å². The summed E-state index contributed by atoms with van der Waals surface area (Å²) < 4.78 is 0. The standard InChI is InChI=1S/C10H21NO2S/c1-4-10(3,9(12)13)11-7-6-8-14-5-2/h11H,4-8H2,1-3H3,(H,12,13). The monoisotopic (exact) mass is 219 g/mol. The number of hydrogen-bond acceptors (Lipinski definition) is 3. The van der Waals surface area contributed by atoms with Crippen molar-refractivity contribution in [3.05, 3.63) is 0 Å². The SMILES string of the molecule is CCSCCCNC(C)(CC)C(=O)O. The lowest BCUT2D eigenvalue weighted by Gasteiger charge is -2.24. The fourth-order valence-corrected chi connectivity index (χ4v) is 1.67. The van der Waals surface area contributed by atoms with E-state index in [1.807, 2.05) is 18.7 Å². The van der Waals surface area contributed by atoms with Gasteiger partial charge in [0.25, 0.3) is 0 Å². The Morgan fingerprint density at radius 3 is 2.57 bits per heavy atom. The number of aliphatic carboxylic acids is 1. The van der Waals surface area contributed by atoms with E-state index in [1.165, 1.54) is 0 Å². The lowest BCUT2D eigenvalue weighted by molar-refractivity contribution is -0.144. The molecule has 0 fully saturated rings. The third kappa shape index (κ3) is 4.86. The van der Waals surface area contributed by atoms with Gasteiger partial charge in [0.15, 0.2) is 0 Å². The van der Waals surface area contributed by atoms with E-state index < -0.39 is 11.5 Å². The van der Waals surface area contributed by atoms with Gasteiger partial charge in [-0.1, -0.05) is 13.8 Å². The van der Waals surface area contributed by atoms with Crippen LogP contribution >= 0.6 is 11.8 Å². The van der Waals surface area contributed by atoms with Gasteiger partial charge in [-0.15, -0.1) is 0 Å². The van der Waals surface area contributed by atoms with E-state index in [9.17, 15) is 4.79 Å². The predicted octanol–water partition coefficient (Wildman–Crippen LogP) is 1.97. The molecule has 0 aromatic carbocycles. The van der Waals surface area contributed by atoms with Crippen molar-refractivity contribution in [3.8, 4) is 0 Å². The quantitative estimate of drug-likeness (QED) is 0.613. The molecule has 14 heavy (non-hydrogen) atoms. The second-order valence-electron chi connectivity index (χ2n) is 3.47. The van der Waals surface area contributed by atoms with Crippen LogP contribution in [0.1, 0.15) is 33.6 Å². The van der Waals surface area contributed by atoms with Gasteiger partial charge in [-0.25, -0.2) is 0 Å². The number of carbonyl (C=O) groups is 1. The number of carboxylic acid groups (broad SMARTS) is 1. The molecule has 0 radical (unpaired) electrons. The smallest absolute Gasteiger partial charge is 0.323 e. The third-order valence-electron chi connectivity index (χ3n) is 2.36. The molecule has 0 amide bonds. The molecule has 0 aromatic rings. The molecule has 0 aliphatic heterocycles. The van der Waals surface area contributed by atoms with Gasteiger partial charge < -0.3 is 10.4 Å². The lowest BCUT2D eigenvalue weighted by Crippen LogP contribution is -2.49. The molecule has 0 rings (SSSR count). The summed E-state index contributed by atoms with van der Waals surface area (Å²) >= 11 is 1.89. The van der Waals surface area contributed by atoms with Gasteiger partial charge in [-0.2, -0.15) is 11.8 Å². The van der Waals surface area contributed by atoms with Crippen molar-refractivity contribution in [3.63, 3.8) is 0 Å². The average molecular weight is 219 g/mol. The molecule has 0 saturated carbocycles. The van der Waals surface area contributed by atoms with Crippen LogP contribution in [0.4, 0.5) is 0 Å². The van der Waals surface area contributed by atoms with Gasteiger partial charge in [0.05, 0.1) is 0 Å². The Kier molecular flexibility index (Phi) is 7.01. The molecule has 0 aliphatic rings. The number of nitrogens with one attached hydrogen (secondary N) is 1. The molecule has 0 spiro atoms. The van der Waals surface area contributed by atoms with Gasteiger partial charge >= 0.3 is 5.97 Å². The summed E-state index contributed by atoms with van der Waals surface area (Å²) in [5.74, 6) is 1.47. The molecular formula is C10H21NO2S. The van der Waals surface area contributed by atoms with Crippen LogP contribution in [0.15, 0.2) is 0 Å². The van der Waals surface area contributed by atoms with Crippen LogP contribution in [0.2, 0.25) is 0 Å². The van der Waals surface area contributed by atoms with Crippen molar-refractivity contribution in [1.29, 1.82) is 0 Å². The van der Waals surface area contributed by atoms with Crippen LogP contribution in [0.3, 0.4) is 0 Å². The molecule has 1 atom stereocenters. The van der Waals surface area contributed by atoms with Gasteiger partial charge in [-0.3, -0.25) is 4.79 Å². The lowest BCUT2D eigenvalue weighted by atomic mass is 9.99. The van der Waals surface area contributed by atoms with Crippen molar-refractivity contribution in [1.82, 2.24) is 5.32 Å². The first-order valence-electron chi connectivity index (χ1n) is 5.13. The minimum Gasteiger partial charge on any atom is -0.480 e. The van der Waals surface area contributed by atoms with E-state index >= 15 is 0 Å². The maximum absolute atomic E-state index is 10.9. The van der Waals surface area contributed by atoms with Gasteiger partial charge in [-0.05, 0) is 37.8 Å². The molecule has 0 saturated heterocycles. The maximum atomic E-state index is 10.9. The first kappa shape index (κ1) is 13.8. The van der Waals surface area contributed by atoms with Crippen molar-refractivity contribution in [2.24, 2.45) is 0 Å². The van der Waals surface area contributed by atoms with E-state index in [0.717, 1.165) is 24.5 Å². The molecule has 1 unspecified atom stereocenters. The highest BCUT2D eigenvalue weighted by Crippen LogP contribution is 2.09. The first-order chi connectivity index (χ1) is 6.56. The van der Waals surface area contributed by atoms with Crippen LogP contribution < -0.4 is 5.32 Å². The topological polar surface area (TPSA) is 49.3 Å². The number of thioether (sulfide) groups is 1. The number of carboxylic acids is 1. The highest BCUT2D eigenvalue weighted by Gasteiger charge is 2.29. The summed E-state index contributed by atoms with van der Waals surface area (Å²) in [4.78, 5) is 10.9. The summed E-state index contributed by atoms with van der Waals surface area (Å²) in [5, 5.41) is 12.1. The molecule has 2 N–H and O–H groups in total. The third-order valence-corrected chi connectivity index (χ3v) is 3.35. The normalized spacial score (nSPS) is 15.1. The van der Waals surface area contributed by atoms with E-state index in [0.29, 0.717) is 6.42 Å². The average Bonchev–Trinajstić information content (AvgIpc) is 2.17. The second kappa shape index (κ2) is 7.12. The van der Waals surface area contributed by atoms with Gasteiger partial charge in [0.1, 0.15) is 5.54 Å². The second-order valence-corrected chi connectivity index (χ2v) is 4.86. The van der Waals surface area contributed by atoms with Crippen LogP contribution in [0.25, 0.3) is 0 Å². The van der Waals surface area contributed by atoms with Crippen molar-refractivity contribution < 1.29 is 9.90 Å². The van der Waals surface area contributed by atoms with Crippen LogP contribution in [-0.4, -0.2) is 34.7 Å². The largest absolute Gasteiger partial charge is 0.480 e. The molecule has 4 heteroatoms. The molecule has 0 bridgehead atoms. The highest BCUT2D eigenvalue weighted by molar-refractivity contribution is 7.99. The van der Waals surface area contributed by atoms with Crippen molar-refractivity contribution in [2.75, 3.05) is 18.1 Å². The molecule has 3 nitrogen and oxygen atoms in total. The number of hydrogen-bond donors (Lipinski definition) is 2. The zero-order chi connectivity index (χ0) is 11.0. The fraction of sp³-hybridized carbons (Fsp3) is 0.900. The highest BCUT2D eigenvalue weighted by atomic mass is 32.2. The Balaban J connectivity index is 3.68. The Morgan fingerprint density at radius 1 is 1.50 bits per heavy atom. The van der Waals surface area contributed by atoms with Crippen LogP contribution in [-0.2, 0) is 4.79 Å². The van der Waals surface area contributed by atoms with Gasteiger partial charge in [0, 0.05) is 0 Å². The molecule has 84 valence electrons. The predicted molar refractivity (Wildman–Crippen MR) is 62.0 cm³/mol. The Morgan fingerprint density at radius 2 is 2.14 bits per heavy atom. The van der Waals surface area contributed by atoms with Crippen LogP contribution in [0, 0.1) is 0 Å². The Hall–Kier alpha value is -0.220. The van der Waals surface area contributed by atoms with Crippen molar-refractivity contribution >= 4 is 17.7 Å². The van der Waals surface area contributed by atoms with Crippen molar-refractivity contribution in [2.45, 2.75) is 39.2 Å². The molecule has 0 heterocycles. The maximum Gasteiger partial charge on any atom is 0.323 e.